The lowest BCUT2D eigenvalue weighted by Crippen LogP contribution is -2.29. The van der Waals surface area contributed by atoms with Crippen molar-refractivity contribution in [2.75, 3.05) is 12.3 Å². The number of pyridine rings is 1. The van der Waals surface area contributed by atoms with E-state index >= 15 is 0 Å². The molecule has 0 aliphatic carbocycles. The molecule has 1 aromatic carbocycles. The van der Waals surface area contributed by atoms with E-state index in [-0.39, 0.29) is 17.9 Å². The van der Waals surface area contributed by atoms with Crippen LogP contribution in [0.15, 0.2) is 35.1 Å². The lowest BCUT2D eigenvalue weighted by Gasteiger charge is -2.06. The van der Waals surface area contributed by atoms with Crippen molar-refractivity contribution in [2.24, 2.45) is 0 Å². The summed E-state index contributed by atoms with van der Waals surface area (Å²) in [6.45, 7) is 2.19. The maximum atomic E-state index is 11.9. The van der Waals surface area contributed by atoms with E-state index in [4.69, 9.17) is 0 Å². The van der Waals surface area contributed by atoms with Crippen molar-refractivity contribution >= 4 is 20.9 Å². The molecule has 0 spiro atoms. The molecule has 0 aliphatic heterocycles. The topological polar surface area (TPSA) is 79.0 Å². The van der Waals surface area contributed by atoms with Crippen LogP contribution < -0.4 is 10.3 Å². The summed E-state index contributed by atoms with van der Waals surface area (Å²) in [5, 5.41) is 0.945. The second kappa shape index (κ2) is 6.87. The minimum Gasteiger partial charge on any atom is -0.322 e. The normalized spacial score (nSPS) is 11.9. The van der Waals surface area contributed by atoms with Gasteiger partial charge in [0.15, 0.2) is 0 Å². The molecule has 114 valence electrons. The van der Waals surface area contributed by atoms with Gasteiger partial charge in [0, 0.05) is 17.6 Å². The number of nitrogens with one attached hydrogen (secondary N) is 2. The van der Waals surface area contributed by atoms with E-state index in [2.05, 4.69) is 9.71 Å². The molecular weight excluding hydrogens is 288 g/mol. The summed E-state index contributed by atoms with van der Waals surface area (Å²) in [6, 6.07) is 9.33. The van der Waals surface area contributed by atoms with Crippen LogP contribution in [0.5, 0.6) is 0 Å². The molecule has 2 aromatic rings. The molecule has 0 amide bonds. The van der Waals surface area contributed by atoms with Crippen molar-refractivity contribution in [3.8, 4) is 0 Å². The van der Waals surface area contributed by atoms with Gasteiger partial charge in [-0.2, -0.15) is 0 Å². The molecule has 0 unspecified atom stereocenters. The molecule has 0 bridgehead atoms. The summed E-state index contributed by atoms with van der Waals surface area (Å²) in [6.07, 6.45) is 1.86. The minimum atomic E-state index is -3.23. The molecule has 0 fully saturated rings. The van der Waals surface area contributed by atoms with Crippen LogP contribution in [0.25, 0.3) is 10.9 Å². The Morgan fingerprint density at radius 1 is 1.24 bits per heavy atom. The average Bonchev–Trinajstić information content (AvgIpc) is 2.45. The van der Waals surface area contributed by atoms with Crippen molar-refractivity contribution in [3.05, 3.63) is 46.2 Å². The van der Waals surface area contributed by atoms with Gasteiger partial charge in [-0.15, -0.1) is 0 Å². The Morgan fingerprint density at radius 2 is 2.00 bits per heavy atom. The monoisotopic (exact) mass is 308 g/mol. The van der Waals surface area contributed by atoms with Crippen molar-refractivity contribution in [2.45, 2.75) is 26.2 Å². The summed E-state index contributed by atoms with van der Waals surface area (Å²) in [5.41, 5.74) is 1.21. The molecule has 2 N–H and O–H groups in total. The highest BCUT2D eigenvalue weighted by Gasteiger charge is 2.09. The fourth-order valence-corrected chi connectivity index (χ4v) is 3.35. The SMILES string of the molecule is CCCCS(=O)(=O)NCCc1cc2ccccc2[nH]c1=O. The van der Waals surface area contributed by atoms with Crippen LogP contribution in [0, 0.1) is 0 Å². The summed E-state index contributed by atoms with van der Waals surface area (Å²) in [7, 11) is -3.23. The van der Waals surface area contributed by atoms with E-state index in [1.54, 1.807) is 0 Å². The average molecular weight is 308 g/mol. The summed E-state index contributed by atoms with van der Waals surface area (Å²) < 4.78 is 25.9. The number of hydrogen-bond donors (Lipinski definition) is 2. The number of aromatic amines is 1. The molecule has 1 aromatic heterocycles. The highest BCUT2D eigenvalue weighted by Crippen LogP contribution is 2.10. The Hall–Kier alpha value is -1.66. The maximum absolute atomic E-state index is 11.9. The molecular formula is C15H20N2O3S. The highest BCUT2D eigenvalue weighted by molar-refractivity contribution is 7.89. The zero-order chi connectivity index (χ0) is 15.3. The van der Waals surface area contributed by atoms with Crippen molar-refractivity contribution in [3.63, 3.8) is 0 Å². The molecule has 0 aliphatic rings. The number of fused-ring (bicyclic) bond motifs is 1. The molecule has 0 saturated carbocycles. The Bertz CT molecular complexity index is 766. The Morgan fingerprint density at radius 3 is 2.76 bits per heavy atom. The number of rotatable bonds is 7. The molecule has 21 heavy (non-hydrogen) atoms. The number of benzene rings is 1. The van der Waals surface area contributed by atoms with Gasteiger partial charge >= 0.3 is 0 Å². The van der Waals surface area contributed by atoms with E-state index in [9.17, 15) is 13.2 Å². The largest absolute Gasteiger partial charge is 0.322 e. The van der Waals surface area contributed by atoms with E-state index < -0.39 is 10.0 Å². The first-order chi connectivity index (χ1) is 10.0. The fraction of sp³-hybridized carbons (Fsp3) is 0.400. The van der Waals surface area contributed by atoms with Gasteiger partial charge in [-0.3, -0.25) is 4.79 Å². The van der Waals surface area contributed by atoms with E-state index in [0.29, 0.717) is 18.4 Å². The first kappa shape index (κ1) is 15.7. The molecule has 6 heteroatoms. The van der Waals surface area contributed by atoms with Gasteiger partial charge in [0.25, 0.3) is 5.56 Å². The lowest BCUT2D eigenvalue weighted by atomic mass is 10.1. The second-order valence-electron chi connectivity index (χ2n) is 5.03. The van der Waals surface area contributed by atoms with E-state index in [1.807, 2.05) is 37.3 Å². The van der Waals surface area contributed by atoms with Crippen LogP contribution in [0.2, 0.25) is 0 Å². The van der Waals surface area contributed by atoms with Crippen LogP contribution in [-0.2, 0) is 16.4 Å². The van der Waals surface area contributed by atoms with Crippen molar-refractivity contribution in [1.29, 1.82) is 0 Å². The summed E-state index contributed by atoms with van der Waals surface area (Å²) in [4.78, 5) is 14.7. The van der Waals surface area contributed by atoms with Crippen molar-refractivity contribution in [1.82, 2.24) is 9.71 Å². The van der Waals surface area contributed by atoms with Gasteiger partial charge in [-0.05, 0) is 30.4 Å². The summed E-state index contributed by atoms with van der Waals surface area (Å²) >= 11 is 0. The zero-order valence-electron chi connectivity index (χ0n) is 12.1. The summed E-state index contributed by atoms with van der Waals surface area (Å²) in [5.74, 6) is 0.136. The quantitative estimate of drug-likeness (QED) is 0.818. The van der Waals surface area contributed by atoms with Gasteiger partial charge in [-0.1, -0.05) is 31.5 Å². The second-order valence-corrected chi connectivity index (χ2v) is 6.95. The van der Waals surface area contributed by atoms with Crippen LogP contribution in [-0.4, -0.2) is 25.7 Å². The standard InChI is InChI=1S/C15H20N2O3S/c1-2-3-10-21(19,20)16-9-8-13-11-12-6-4-5-7-14(12)17-15(13)18/h4-7,11,16H,2-3,8-10H2,1H3,(H,17,18). The van der Waals surface area contributed by atoms with Crippen LogP contribution in [0.1, 0.15) is 25.3 Å². The zero-order valence-corrected chi connectivity index (χ0v) is 12.9. The van der Waals surface area contributed by atoms with Crippen LogP contribution in [0.4, 0.5) is 0 Å². The minimum absolute atomic E-state index is 0.136. The third-order valence-electron chi connectivity index (χ3n) is 3.31. The van der Waals surface area contributed by atoms with Gasteiger partial charge in [0.2, 0.25) is 10.0 Å². The third-order valence-corrected chi connectivity index (χ3v) is 4.78. The lowest BCUT2D eigenvalue weighted by molar-refractivity contribution is 0.578. The number of unbranched alkanes of at least 4 members (excludes halogenated alkanes) is 1. The van der Waals surface area contributed by atoms with Gasteiger partial charge in [0.1, 0.15) is 0 Å². The molecule has 0 saturated heterocycles. The van der Waals surface area contributed by atoms with Crippen LogP contribution in [0.3, 0.4) is 0 Å². The Labute approximate surface area is 124 Å². The molecule has 0 radical (unpaired) electrons. The van der Waals surface area contributed by atoms with Crippen LogP contribution >= 0.6 is 0 Å². The molecule has 0 atom stereocenters. The van der Waals surface area contributed by atoms with E-state index in [0.717, 1.165) is 17.3 Å². The van der Waals surface area contributed by atoms with Gasteiger partial charge in [-0.25, -0.2) is 13.1 Å². The van der Waals surface area contributed by atoms with Gasteiger partial charge < -0.3 is 4.98 Å². The Balaban J connectivity index is 2.04. The predicted octanol–water partition coefficient (Wildman–Crippen LogP) is 1.79. The fourth-order valence-electron chi connectivity index (χ4n) is 2.13. The highest BCUT2D eigenvalue weighted by atomic mass is 32.2. The first-order valence-corrected chi connectivity index (χ1v) is 8.75. The van der Waals surface area contributed by atoms with Crippen molar-refractivity contribution < 1.29 is 8.42 Å². The first-order valence-electron chi connectivity index (χ1n) is 7.10. The number of H-pyrrole nitrogens is 1. The molecule has 1 heterocycles. The molecule has 5 nitrogen and oxygen atoms in total. The Kier molecular flexibility index (Phi) is 5.14. The van der Waals surface area contributed by atoms with E-state index in [1.165, 1.54) is 0 Å². The number of hydrogen-bond acceptors (Lipinski definition) is 3. The third kappa shape index (κ3) is 4.41. The molecule has 2 rings (SSSR count). The number of sulfonamides is 1. The van der Waals surface area contributed by atoms with Gasteiger partial charge in [0.05, 0.1) is 5.75 Å². The number of para-hydroxylation sites is 1. The predicted molar refractivity (Wildman–Crippen MR) is 85.0 cm³/mol. The number of aromatic nitrogens is 1. The smallest absolute Gasteiger partial charge is 0.251 e. The maximum Gasteiger partial charge on any atom is 0.251 e.